The first-order chi connectivity index (χ1) is 20.3. The summed E-state index contributed by atoms with van der Waals surface area (Å²) in [4.78, 5) is 28.9. The van der Waals surface area contributed by atoms with Gasteiger partial charge in [-0.1, -0.05) is 70.6 Å². The zero-order chi connectivity index (χ0) is 29.7. The number of para-hydroxylation sites is 1. The molecule has 0 radical (unpaired) electrons. The summed E-state index contributed by atoms with van der Waals surface area (Å²) in [7, 11) is 0. The molecular formula is C32H32BrN5O4. The molecule has 10 heteroatoms. The van der Waals surface area contributed by atoms with E-state index in [0.717, 1.165) is 27.8 Å². The third-order valence-electron chi connectivity index (χ3n) is 7.49. The van der Waals surface area contributed by atoms with Crippen molar-refractivity contribution in [3.8, 4) is 0 Å². The molecule has 2 N–H and O–H groups in total. The number of amides is 2. The zero-order valence-corrected chi connectivity index (χ0v) is 24.8. The summed E-state index contributed by atoms with van der Waals surface area (Å²) in [5.41, 5.74) is 2.54. The number of hydrogen-bond acceptors (Lipinski definition) is 6. The second kappa shape index (κ2) is 12.8. The van der Waals surface area contributed by atoms with E-state index in [-0.39, 0.29) is 19.1 Å². The van der Waals surface area contributed by atoms with Crippen LogP contribution in [0.1, 0.15) is 30.2 Å². The van der Waals surface area contributed by atoms with Gasteiger partial charge in [0.05, 0.1) is 17.9 Å². The second-order valence-corrected chi connectivity index (χ2v) is 11.2. The van der Waals surface area contributed by atoms with Crippen LogP contribution in [0.15, 0.2) is 95.6 Å². The molecule has 1 aromatic heterocycles. The molecule has 0 unspecified atom stereocenters. The number of aliphatic hydroxyl groups excluding tert-OH is 1. The fraction of sp³-hybridized carbons (Fsp3) is 0.250. The summed E-state index contributed by atoms with van der Waals surface area (Å²) in [6, 6.07) is 22.3. The van der Waals surface area contributed by atoms with Crippen molar-refractivity contribution in [1.82, 2.24) is 15.0 Å². The van der Waals surface area contributed by atoms with Gasteiger partial charge in [0, 0.05) is 53.1 Å². The largest absolute Gasteiger partial charge is 0.396 e. The summed E-state index contributed by atoms with van der Waals surface area (Å²) in [5.74, 6) is -0.890. The van der Waals surface area contributed by atoms with Gasteiger partial charge in [0.25, 0.3) is 5.91 Å². The molecule has 0 saturated carbocycles. The Morgan fingerprint density at radius 1 is 1.07 bits per heavy atom. The number of rotatable bonds is 12. The van der Waals surface area contributed by atoms with E-state index in [9.17, 15) is 14.7 Å². The molecule has 42 heavy (non-hydrogen) atoms. The highest BCUT2D eigenvalue weighted by molar-refractivity contribution is 9.10. The minimum absolute atomic E-state index is 0.0235. The number of benzene rings is 3. The van der Waals surface area contributed by atoms with Gasteiger partial charge in [-0.2, -0.15) is 0 Å². The lowest BCUT2D eigenvalue weighted by Gasteiger charge is -2.28. The molecule has 1 aliphatic heterocycles. The number of carbonyl (C=O) groups is 2. The molecular weight excluding hydrogens is 598 g/mol. The second-order valence-electron chi connectivity index (χ2n) is 10.2. The Morgan fingerprint density at radius 2 is 1.81 bits per heavy atom. The van der Waals surface area contributed by atoms with Gasteiger partial charge in [0.15, 0.2) is 5.60 Å². The van der Waals surface area contributed by atoms with E-state index in [1.165, 1.54) is 0 Å². The van der Waals surface area contributed by atoms with Gasteiger partial charge in [-0.05, 0) is 54.4 Å². The molecule has 0 saturated heterocycles. The predicted octanol–water partition coefficient (Wildman–Crippen LogP) is 4.89. The predicted molar refractivity (Wildman–Crippen MR) is 164 cm³/mol. The smallest absolute Gasteiger partial charge is 0.264 e. The number of fused-ring (bicyclic) bond motifs is 1. The number of anilines is 3. The fourth-order valence-corrected chi connectivity index (χ4v) is 5.56. The van der Waals surface area contributed by atoms with Crippen molar-refractivity contribution in [2.45, 2.75) is 38.5 Å². The van der Waals surface area contributed by atoms with Crippen LogP contribution < -0.4 is 9.80 Å². The Morgan fingerprint density at radius 3 is 2.52 bits per heavy atom. The van der Waals surface area contributed by atoms with Crippen molar-refractivity contribution in [3.63, 3.8) is 0 Å². The topological polar surface area (TPSA) is 112 Å². The first-order valence-corrected chi connectivity index (χ1v) is 14.5. The summed E-state index contributed by atoms with van der Waals surface area (Å²) in [6.07, 6.45) is 7.48. The van der Waals surface area contributed by atoms with E-state index in [1.807, 2.05) is 85.8 Å². The molecule has 2 heterocycles. The molecule has 0 aliphatic carbocycles. The molecule has 2 amide bonds. The van der Waals surface area contributed by atoms with E-state index >= 15 is 0 Å². The average Bonchev–Trinajstić information content (AvgIpc) is 3.54. The van der Waals surface area contributed by atoms with Gasteiger partial charge in [-0.25, -0.2) is 0 Å². The Bertz CT molecular complexity index is 1570. The van der Waals surface area contributed by atoms with Crippen LogP contribution in [0, 0.1) is 5.92 Å². The SMILES string of the molecule is C[C@@H](/C=C/CCn1cc(CCO)nn1)[C@]1(O)C(=O)N(Cc2ccc(N(C=O)c3ccccc3)cc2)c2ccc(Br)cc21. The van der Waals surface area contributed by atoms with Crippen LogP contribution in [0.25, 0.3) is 0 Å². The maximum Gasteiger partial charge on any atom is 0.264 e. The normalized spacial score (nSPS) is 17.0. The zero-order valence-electron chi connectivity index (χ0n) is 23.2. The van der Waals surface area contributed by atoms with Crippen LogP contribution in [-0.2, 0) is 34.7 Å². The van der Waals surface area contributed by atoms with E-state index in [4.69, 9.17) is 5.11 Å². The van der Waals surface area contributed by atoms with Crippen LogP contribution >= 0.6 is 15.9 Å². The highest BCUT2D eigenvalue weighted by Gasteiger charge is 2.52. The van der Waals surface area contributed by atoms with Gasteiger partial charge in [0.1, 0.15) is 0 Å². The molecule has 1 aliphatic rings. The van der Waals surface area contributed by atoms with Crippen LogP contribution in [0.5, 0.6) is 0 Å². The highest BCUT2D eigenvalue weighted by Crippen LogP contribution is 2.46. The van der Waals surface area contributed by atoms with Gasteiger partial charge in [-0.15, -0.1) is 5.10 Å². The first kappa shape index (κ1) is 29.4. The quantitative estimate of drug-likeness (QED) is 0.171. The molecule has 3 aromatic carbocycles. The van der Waals surface area contributed by atoms with Gasteiger partial charge < -0.3 is 15.1 Å². The lowest BCUT2D eigenvalue weighted by molar-refractivity contribution is -0.139. The van der Waals surface area contributed by atoms with Crippen LogP contribution in [-0.4, -0.2) is 44.1 Å². The van der Waals surface area contributed by atoms with Crippen molar-refractivity contribution < 1.29 is 19.8 Å². The molecule has 4 aromatic rings. The third-order valence-corrected chi connectivity index (χ3v) is 7.98. The van der Waals surface area contributed by atoms with Crippen molar-refractivity contribution in [2.75, 3.05) is 16.4 Å². The number of aromatic nitrogens is 3. The number of aryl methyl sites for hydroxylation is 1. The van der Waals surface area contributed by atoms with Gasteiger partial charge >= 0.3 is 0 Å². The van der Waals surface area contributed by atoms with Crippen molar-refractivity contribution in [3.05, 3.63) is 112 Å². The molecule has 0 fully saturated rings. The van der Waals surface area contributed by atoms with Crippen molar-refractivity contribution in [1.29, 1.82) is 0 Å². The summed E-state index contributed by atoms with van der Waals surface area (Å²) in [5, 5.41) is 29.1. The van der Waals surface area contributed by atoms with Crippen LogP contribution in [0.2, 0.25) is 0 Å². The first-order valence-electron chi connectivity index (χ1n) is 13.7. The lowest BCUT2D eigenvalue weighted by Crippen LogP contribution is -2.44. The van der Waals surface area contributed by atoms with Crippen LogP contribution in [0.3, 0.4) is 0 Å². The average molecular weight is 631 g/mol. The van der Waals surface area contributed by atoms with Crippen molar-refractivity contribution >= 4 is 45.3 Å². The molecule has 0 bridgehead atoms. The minimum Gasteiger partial charge on any atom is -0.396 e. The summed E-state index contributed by atoms with van der Waals surface area (Å²) in [6.45, 7) is 2.71. The molecule has 5 rings (SSSR count). The van der Waals surface area contributed by atoms with E-state index < -0.39 is 11.5 Å². The maximum absolute atomic E-state index is 13.9. The van der Waals surface area contributed by atoms with Crippen LogP contribution in [0.4, 0.5) is 17.1 Å². The van der Waals surface area contributed by atoms with Crippen molar-refractivity contribution in [2.24, 2.45) is 5.92 Å². The maximum atomic E-state index is 13.9. The number of allylic oxidation sites excluding steroid dienone is 1. The number of hydrogen-bond donors (Lipinski definition) is 2. The number of aliphatic hydroxyl groups is 2. The Balaban J connectivity index is 1.32. The van der Waals surface area contributed by atoms with E-state index in [1.54, 1.807) is 26.7 Å². The highest BCUT2D eigenvalue weighted by atomic mass is 79.9. The number of nitrogens with zero attached hydrogens (tertiary/aromatic N) is 5. The van der Waals surface area contributed by atoms with Gasteiger partial charge in [0.2, 0.25) is 6.41 Å². The number of carbonyl (C=O) groups excluding carboxylic acids is 2. The Hall–Kier alpha value is -4.12. The molecule has 2 atom stereocenters. The standard InChI is InChI=1S/C32H32BrN5O4/c1-23(7-5-6-17-36-21-26(16-18-39)34-35-36)32(42)29-19-25(33)12-15-30(29)37(31(32)41)20-24-10-13-28(14-11-24)38(22-40)27-8-3-2-4-9-27/h2-5,7-15,19,21-23,39,42H,6,16-18,20H2,1H3/b7-5+/t23-,32+/m0/s1. The number of halogens is 1. The monoisotopic (exact) mass is 629 g/mol. The fourth-order valence-electron chi connectivity index (χ4n) is 5.20. The van der Waals surface area contributed by atoms with E-state index in [0.29, 0.717) is 36.3 Å². The molecule has 0 spiro atoms. The lowest BCUT2D eigenvalue weighted by atomic mass is 9.83. The molecule has 9 nitrogen and oxygen atoms in total. The summed E-state index contributed by atoms with van der Waals surface area (Å²) >= 11 is 3.50. The Kier molecular flexibility index (Phi) is 8.96. The summed E-state index contributed by atoms with van der Waals surface area (Å²) < 4.78 is 2.48. The third kappa shape index (κ3) is 5.92. The van der Waals surface area contributed by atoms with E-state index in [2.05, 4.69) is 26.2 Å². The molecule has 216 valence electrons. The van der Waals surface area contributed by atoms with Gasteiger partial charge in [-0.3, -0.25) is 19.2 Å². The minimum atomic E-state index is -1.74. The Labute approximate surface area is 252 Å².